The van der Waals surface area contributed by atoms with E-state index in [2.05, 4.69) is 0 Å². The molecule has 0 unspecified atom stereocenters. The molecule has 0 aliphatic heterocycles. The van der Waals surface area contributed by atoms with Gasteiger partial charge in [-0.05, 0) is 24.1 Å². The van der Waals surface area contributed by atoms with Crippen LogP contribution >= 0.6 is 11.9 Å². The molecule has 0 amide bonds. The summed E-state index contributed by atoms with van der Waals surface area (Å²) in [6.07, 6.45) is 0. The van der Waals surface area contributed by atoms with Crippen LogP contribution in [0.5, 0.6) is 11.5 Å². The van der Waals surface area contributed by atoms with Gasteiger partial charge < -0.3 is 9.47 Å². The summed E-state index contributed by atoms with van der Waals surface area (Å²) < 4.78 is 10.1. The molecule has 0 spiro atoms. The Bertz CT molecular complexity index is 265. The monoisotopic (exact) mass is 185 g/mol. The van der Waals surface area contributed by atoms with Crippen LogP contribution in [-0.2, 0) is 0 Å². The molecule has 0 aromatic heterocycles. The molecule has 3 nitrogen and oxygen atoms in total. The van der Waals surface area contributed by atoms with Gasteiger partial charge in [-0.1, -0.05) is 0 Å². The first kappa shape index (κ1) is 9.22. The van der Waals surface area contributed by atoms with Crippen molar-refractivity contribution in [2.75, 3.05) is 14.2 Å². The lowest BCUT2D eigenvalue weighted by molar-refractivity contribution is 0.387. The van der Waals surface area contributed by atoms with Crippen molar-refractivity contribution in [2.45, 2.75) is 4.90 Å². The van der Waals surface area contributed by atoms with Crippen molar-refractivity contribution in [1.82, 2.24) is 0 Å². The van der Waals surface area contributed by atoms with Crippen LogP contribution in [-0.4, -0.2) is 14.2 Å². The van der Waals surface area contributed by atoms with E-state index in [9.17, 15) is 0 Å². The highest BCUT2D eigenvalue weighted by Crippen LogP contribution is 2.29. The first-order valence-electron chi connectivity index (χ1n) is 3.40. The van der Waals surface area contributed by atoms with Crippen LogP contribution in [0.1, 0.15) is 0 Å². The van der Waals surface area contributed by atoms with Crippen LogP contribution < -0.4 is 14.6 Å². The predicted molar refractivity (Wildman–Crippen MR) is 49.6 cm³/mol. The Balaban J connectivity index is 3.02. The Kier molecular flexibility index (Phi) is 3.25. The number of hydrogen-bond acceptors (Lipinski definition) is 4. The van der Waals surface area contributed by atoms with Gasteiger partial charge in [-0.3, -0.25) is 5.14 Å². The molecule has 66 valence electrons. The van der Waals surface area contributed by atoms with E-state index in [-0.39, 0.29) is 0 Å². The van der Waals surface area contributed by atoms with Crippen molar-refractivity contribution >= 4 is 11.9 Å². The van der Waals surface area contributed by atoms with Gasteiger partial charge in [0.05, 0.1) is 19.1 Å². The molecule has 0 fully saturated rings. The van der Waals surface area contributed by atoms with Crippen molar-refractivity contribution in [3.8, 4) is 11.5 Å². The summed E-state index contributed by atoms with van der Waals surface area (Å²) in [5.74, 6) is 1.51. The van der Waals surface area contributed by atoms with E-state index < -0.39 is 0 Å². The van der Waals surface area contributed by atoms with Crippen LogP contribution in [0.2, 0.25) is 0 Å². The minimum Gasteiger partial charge on any atom is -0.497 e. The summed E-state index contributed by atoms with van der Waals surface area (Å²) in [4.78, 5) is 0.901. The fraction of sp³-hybridized carbons (Fsp3) is 0.250. The van der Waals surface area contributed by atoms with Crippen LogP contribution in [0.4, 0.5) is 0 Å². The highest BCUT2D eigenvalue weighted by atomic mass is 32.2. The lowest BCUT2D eigenvalue weighted by Gasteiger charge is -2.07. The van der Waals surface area contributed by atoms with E-state index in [0.717, 1.165) is 28.3 Å². The fourth-order valence-corrected chi connectivity index (χ4v) is 1.28. The van der Waals surface area contributed by atoms with Crippen LogP contribution in [0.25, 0.3) is 0 Å². The zero-order valence-electron chi connectivity index (χ0n) is 7.03. The molecule has 0 radical (unpaired) electrons. The van der Waals surface area contributed by atoms with Crippen LogP contribution in [0.15, 0.2) is 23.1 Å². The molecule has 1 aromatic rings. The maximum atomic E-state index is 5.41. The molecule has 0 heterocycles. The van der Waals surface area contributed by atoms with E-state index in [1.165, 1.54) is 0 Å². The first-order chi connectivity index (χ1) is 5.81. The van der Waals surface area contributed by atoms with Gasteiger partial charge in [0.15, 0.2) is 0 Å². The predicted octanol–water partition coefficient (Wildman–Crippen LogP) is 1.67. The van der Waals surface area contributed by atoms with Crippen LogP contribution in [0.3, 0.4) is 0 Å². The number of methoxy groups -OCH3 is 2. The van der Waals surface area contributed by atoms with Gasteiger partial charge >= 0.3 is 0 Å². The number of rotatable bonds is 3. The molecule has 1 rings (SSSR count). The topological polar surface area (TPSA) is 44.5 Å². The molecule has 0 saturated heterocycles. The SMILES string of the molecule is COc1ccc(SN)c(OC)c1. The molecule has 4 heteroatoms. The maximum Gasteiger partial charge on any atom is 0.137 e. The Morgan fingerprint density at radius 2 is 2.00 bits per heavy atom. The summed E-state index contributed by atoms with van der Waals surface area (Å²) in [7, 11) is 3.22. The molecule has 0 bridgehead atoms. The average Bonchev–Trinajstić information content (AvgIpc) is 2.16. The summed E-state index contributed by atoms with van der Waals surface area (Å²) in [5, 5.41) is 5.41. The quantitative estimate of drug-likeness (QED) is 0.727. The third kappa shape index (κ3) is 1.84. The van der Waals surface area contributed by atoms with Crippen LogP contribution in [0, 0.1) is 0 Å². The normalized spacial score (nSPS) is 9.58. The van der Waals surface area contributed by atoms with Gasteiger partial charge in [-0.25, -0.2) is 0 Å². The summed E-state index contributed by atoms with van der Waals surface area (Å²) in [6.45, 7) is 0. The Morgan fingerprint density at radius 3 is 2.50 bits per heavy atom. The van der Waals surface area contributed by atoms with Gasteiger partial charge in [-0.15, -0.1) is 0 Å². The third-order valence-electron chi connectivity index (χ3n) is 1.50. The molecule has 12 heavy (non-hydrogen) atoms. The molecular weight excluding hydrogens is 174 g/mol. The van der Waals surface area contributed by atoms with Crippen molar-refractivity contribution < 1.29 is 9.47 Å². The second-order valence-electron chi connectivity index (χ2n) is 2.13. The number of ether oxygens (including phenoxy) is 2. The molecule has 0 saturated carbocycles. The largest absolute Gasteiger partial charge is 0.497 e. The number of hydrogen-bond donors (Lipinski definition) is 1. The van der Waals surface area contributed by atoms with Gasteiger partial charge in [0, 0.05) is 6.07 Å². The second kappa shape index (κ2) is 4.23. The molecule has 0 atom stereocenters. The van der Waals surface area contributed by atoms with Crippen molar-refractivity contribution in [3.05, 3.63) is 18.2 Å². The zero-order chi connectivity index (χ0) is 8.97. The summed E-state index contributed by atoms with van der Waals surface area (Å²) in [5.41, 5.74) is 0. The zero-order valence-corrected chi connectivity index (χ0v) is 7.85. The summed E-state index contributed by atoms with van der Waals surface area (Å²) >= 11 is 1.16. The maximum absolute atomic E-state index is 5.41. The van der Waals surface area contributed by atoms with Gasteiger partial charge in [0.2, 0.25) is 0 Å². The van der Waals surface area contributed by atoms with Crippen molar-refractivity contribution in [1.29, 1.82) is 0 Å². The second-order valence-corrected chi connectivity index (χ2v) is 2.81. The van der Waals surface area contributed by atoms with Gasteiger partial charge in [0.1, 0.15) is 11.5 Å². The Labute approximate surface area is 76.0 Å². The highest BCUT2D eigenvalue weighted by molar-refractivity contribution is 7.97. The lowest BCUT2D eigenvalue weighted by Crippen LogP contribution is -1.90. The van der Waals surface area contributed by atoms with E-state index in [0.29, 0.717) is 0 Å². The standard InChI is InChI=1S/C8H11NO2S/c1-10-6-3-4-8(12-9)7(5-6)11-2/h3-5H,9H2,1-2H3. The number of nitrogens with two attached hydrogens (primary N) is 1. The number of benzene rings is 1. The smallest absolute Gasteiger partial charge is 0.137 e. The van der Waals surface area contributed by atoms with E-state index in [1.54, 1.807) is 20.3 Å². The molecule has 2 N–H and O–H groups in total. The van der Waals surface area contributed by atoms with E-state index in [4.69, 9.17) is 14.6 Å². The molecule has 1 aromatic carbocycles. The Morgan fingerprint density at radius 1 is 1.25 bits per heavy atom. The summed E-state index contributed by atoms with van der Waals surface area (Å²) in [6, 6.07) is 5.51. The minimum absolute atomic E-state index is 0.738. The highest BCUT2D eigenvalue weighted by Gasteiger charge is 2.02. The average molecular weight is 185 g/mol. The first-order valence-corrected chi connectivity index (χ1v) is 4.28. The molecule has 0 aliphatic rings. The fourth-order valence-electron chi connectivity index (χ4n) is 0.872. The Hall–Kier alpha value is -0.870. The van der Waals surface area contributed by atoms with E-state index in [1.807, 2.05) is 12.1 Å². The minimum atomic E-state index is 0.738. The van der Waals surface area contributed by atoms with Crippen molar-refractivity contribution in [3.63, 3.8) is 0 Å². The lowest BCUT2D eigenvalue weighted by atomic mass is 10.3. The molecular formula is C8H11NO2S. The third-order valence-corrected chi connectivity index (χ3v) is 2.09. The molecule has 0 aliphatic carbocycles. The van der Waals surface area contributed by atoms with Gasteiger partial charge in [-0.2, -0.15) is 0 Å². The van der Waals surface area contributed by atoms with Gasteiger partial charge in [0.25, 0.3) is 0 Å². The van der Waals surface area contributed by atoms with Crippen molar-refractivity contribution in [2.24, 2.45) is 5.14 Å². The van der Waals surface area contributed by atoms with E-state index >= 15 is 0 Å².